The topological polar surface area (TPSA) is 102 Å². The van der Waals surface area contributed by atoms with Crippen LogP contribution < -0.4 is 14.8 Å². The number of benzene rings is 1. The minimum Gasteiger partial charge on any atom is -0.476 e. The van der Waals surface area contributed by atoms with Gasteiger partial charge >= 0.3 is 6.03 Å². The highest BCUT2D eigenvalue weighted by Gasteiger charge is 2.43. The maximum Gasteiger partial charge on any atom is 0.333 e. The second kappa shape index (κ2) is 7.12. The Kier molecular flexibility index (Phi) is 4.53. The summed E-state index contributed by atoms with van der Waals surface area (Å²) in [5.41, 5.74) is 5.08. The predicted octanol–water partition coefficient (Wildman–Crippen LogP) is 3.59. The molecule has 2 N–H and O–H groups in total. The fraction of sp³-hybridized carbons (Fsp3) is 0.545. The molecule has 0 unspecified atom stereocenters. The number of urea groups is 1. The van der Waals surface area contributed by atoms with Gasteiger partial charge in [-0.25, -0.2) is 22.6 Å². The molecule has 1 spiro atoms. The first kappa shape index (κ1) is 20.4. The smallest absolute Gasteiger partial charge is 0.333 e. The van der Waals surface area contributed by atoms with Crippen LogP contribution in [0.3, 0.4) is 0 Å². The summed E-state index contributed by atoms with van der Waals surface area (Å²) in [7, 11) is -4.14. The standard InChI is InChI=1S/C22H25ClN4O4S/c23-18-13-4-1-6-15(13)19(16-7-2-5-14(16)18)25-21(28)26-32(29,30)17-10-24-27-11-22(8-3-9-22)12-31-20(17)27/h10H,1-9,11-12H2,(H2,25,26,28). The van der Waals surface area contributed by atoms with E-state index in [9.17, 15) is 13.2 Å². The van der Waals surface area contributed by atoms with Gasteiger partial charge < -0.3 is 10.1 Å². The lowest BCUT2D eigenvalue weighted by Gasteiger charge is -2.44. The normalized spacial score (nSPS) is 20.2. The molecule has 1 fully saturated rings. The minimum absolute atomic E-state index is 0.0696. The van der Waals surface area contributed by atoms with E-state index in [0.717, 1.165) is 90.8 Å². The highest BCUT2D eigenvalue weighted by molar-refractivity contribution is 7.90. The van der Waals surface area contributed by atoms with Gasteiger partial charge in [-0.1, -0.05) is 18.0 Å². The van der Waals surface area contributed by atoms with Crippen LogP contribution in [0.25, 0.3) is 0 Å². The van der Waals surface area contributed by atoms with Crippen molar-refractivity contribution in [3.8, 4) is 5.88 Å². The summed E-state index contributed by atoms with van der Waals surface area (Å²) in [5, 5.41) is 7.90. The van der Waals surface area contributed by atoms with E-state index >= 15 is 0 Å². The molecule has 6 rings (SSSR count). The first-order chi connectivity index (χ1) is 15.4. The van der Waals surface area contributed by atoms with E-state index in [1.807, 2.05) is 0 Å². The van der Waals surface area contributed by atoms with Gasteiger partial charge in [-0.2, -0.15) is 5.10 Å². The SMILES string of the molecule is O=C(Nc1c2c(c(Cl)c3c1CCC3)CCC2)NS(=O)(=O)c1cnn2c1OCC1(CCC1)C2. The van der Waals surface area contributed by atoms with Crippen molar-refractivity contribution < 1.29 is 17.9 Å². The maximum absolute atomic E-state index is 13.0. The van der Waals surface area contributed by atoms with E-state index in [-0.39, 0.29) is 16.2 Å². The van der Waals surface area contributed by atoms with Crippen molar-refractivity contribution in [1.82, 2.24) is 14.5 Å². The molecule has 1 aliphatic heterocycles. The predicted molar refractivity (Wildman–Crippen MR) is 119 cm³/mol. The zero-order chi connectivity index (χ0) is 22.1. The molecule has 10 heteroatoms. The lowest BCUT2D eigenvalue weighted by Crippen LogP contribution is -2.43. The monoisotopic (exact) mass is 476 g/mol. The highest BCUT2D eigenvalue weighted by Crippen LogP contribution is 2.47. The number of nitrogens with one attached hydrogen (secondary N) is 2. The van der Waals surface area contributed by atoms with Crippen LogP contribution in [0.2, 0.25) is 5.02 Å². The molecule has 2 amide bonds. The van der Waals surface area contributed by atoms with Gasteiger partial charge in [0.2, 0.25) is 5.88 Å². The van der Waals surface area contributed by atoms with E-state index in [2.05, 4.69) is 15.1 Å². The number of fused-ring (bicyclic) bond motifs is 3. The van der Waals surface area contributed by atoms with Crippen LogP contribution >= 0.6 is 11.6 Å². The van der Waals surface area contributed by atoms with Gasteiger partial charge in [-0.15, -0.1) is 0 Å². The van der Waals surface area contributed by atoms with Gasteiger partial charge in [0.05, 0.1) is 19.3 Å². The number of carbonyl (C=O) groups excluding carboxylic acids is 1. The van der Waals surface area contributed by atoms with Crippen molar-refractivity contribution in [2.45, 2.75) is 69.2 Å². The second-order valence-electron chi connectivity index (χ2n) is 9.48. The molecule has 2 aromatic rings. The van der Waals surface area contributed by atoms with Crippen LogP contribution in [0, 0.1) is 5.41 Å². The summed E-state index contributed by atoms with van der Waals surface area (Å²) in [6.45, 7) is 1.13. The Morgan fingerprint density at radius 3 is 2.34 bits per heavy atom. The number of hydrogen-bond acceptors (Lipinski definition) is 5. The molecule has 4 aliphatic rings. The maximum atomic E-state index is 13.0. The first-order valence-corrected chi connectivity index (χ1v) is 13.1. The van der Waals surface area contributed by atoms with Gasteiger partial charge in [0.15, 0.2) is 4.90 Å². The van der Waals surface area contributed by atoms with Crippen LogP contribution in [0.1, 0.15) is 54.4 Å². The Morgan fingerprint density at radius 2 is 1.72 bits per heavy atom. The summed E-state index contributed by atoms with van der Waals surface area (Å²) in [5.74, 6) is 0.205. The summed E-state index contributed by atoms with van der Waals surface area (Å²) in [4.78, 5) is 12.7. The second-order valence-corrected chi connectivity index (χ2v) is 11.5. The zero-order valence-corrected chi connectivity index (χ0v) is 19.2. The Labute approximate surface area is 191 Å². The molecular formula is C22H25ClN4O4S. The van der Waals surface area contributed by atoms with Crippen molar-refractivity contribution in [1.29, 1.82) is 0 Å². The van der Waals surface area contributed by atoms with E-state index in [1.54, 1.807) is 4.68 Å². The summed E-state index contributed by atoms with van der Waals surface area (Å²) in [6.07, 6.45) is 9.94. The molecule has 8 nitrogen and oxygen atoms in total. The van der Waals surface area contributed by atoms with Crippen molar-refractivity contribution >= 4 is 33.3 Å². The third-order valence-corrected chi connectivity index (χ3v) is 9.27. The number of rotatable bonds is 3. The number of halogens is 1. The average molecular weight is 477 g/mol. The van der Waals surface area contributed by atoms with Gasteiger partial charge in [-0.05, 0) is 73.6 Å². The highest BCUT2D eigenvalue weighted by atomic mass is 35.5. The van der Waals surface area contributed by atoms with Crippen LogP contribution in [-0.4, -0.2) is 30.8 Å². The zero-order valence-electron chi connectivity index (χ0n) is 17.7. The number of nitrogens with zero attached hydrogens (tertiary/aromatic N) is 2. The fourth-order valence-corrected chi connectivity index (χ4v) is 7.12. The third kappa shape index (κ3) is 3.04. The van der Waals surface area contributed by atoms with Gasteiger partial charge in [0.25, 0.3) is 10.0 Å². The quantitative estimate of drug-likeness (QED) is 0.704. The van der Waals surface area contributed by atoms with Crippen LogP contribution in [-0.2, 0) is 42.3 Å². The molecule has 0 bridgehead atoms. The first-order valence-electron chi connectivity index (χ1n) is 11.2. The van der Waals surface area contributed by atoms with Crippen molar-refractivity contribution in [2.75, 3.05) is 11.9 Å². The number of hydrogen-bond donors (Lipinski definition) is 2. The summed E-state index contributed by atoms with van der Waals surface area (Å²) in [6, 6.07) is -0.776. The minimum atomic E-state index is -4.14. The molecule has 3 aliphatic carbocycles. The number of carbonyl (C=O) groups is 1. The Hall–Kier alpha value is -2.26. The van der Waals surface area contributed by atoms with E-state index in [1.165, 1.54) is 6.20 Å². The third-order valence-electron chi connectivity index (χ3n) is 7.50. The number of anilines is 1. The molecule has 32 heavy (non-hydrogen) atoms. The number of sulfonamides is 1. The van der Waals surface area contributed by atoms with E-state index < -0.39 is 16.1 Å². The molecule has 1 aromatic heterocycles. The molecule has 0 saturated heterocycles. The largest absolute Gasteiger partial charge is 0.476 e. The Bertz CT molecular complexity index is 1210. The molecular weight excluding hydrogens is 452 g/mol. The van der Waals surface area contributed by atoms with Crippen LogP contribution in [0.4, 0.5) is 10.5 Å². The average Bonchev–Trinajstić information content (AvgIpc) is 3.48. The van der Waals surface area contributed by atoms with Gasteiger partial charge in [-0.3, -0.25) is 0 Å². The van der Waals surface area contributed by atoms with Crippen molar-refractivity contribution in [2.24, 2.45) is 5.41 Å². The molecule has 1 aromatic carbocycles. The Morgan fingerprint density at radius 1 is 1.06 bits per heavy atom. The van der Waals surface area contributed by atoms with Crippen LogP contribution in [0.5, 0.6) is 5.88 Å². The van der Waals surface area contributed by atoms with Crippen molar-refractivity contribution in [3.63, 3.8) is 0 Å². The lowest BCUT2D eigenvalue weighted by molar-refractivity contribution is 0.0000874. The lowest BCUT2D eigenvalue weighted by atomic mass is 9.69. The van der Waals surface area contributed by atoms with Crippen molar-refractivity contribution in [3.05, 3.63) is 33.5 Å². The number of aromatic nitrogens is 2. The molecule has 0 atom stereocenters. The van der Waals surface area contributed by atoms with E-state index in [0.29, 0.717) is 13.2 Å². The summed E-state index contributed by atoms with van der Waals surface area (Å²) >= 11 is 6.64. The van der Waals surface area contributed by atoms with Gasteiger partial charge in [0, 0.05) is 16.1 Å². The molecule has 170 valence electrons. The summed E-state index contributed by atoms with van der Waals surface area (Å²) < 4.78 is 35.6. The number of ether oxygens (including phenoxy) is 1. The van der Waals surface area contributed by atoms with Gasteiger partial charge in [0.1, 0.15) is 0 Å². The van der Waals surface area contributed by atoms with E-state index in [4.69, 9.17) is 16.3 Å². The molecule has 0 radical (unpaired) electrons. The fourth-order valence-electron chi connectivity index (χ4n) is 5.72. The van der Waals surface area contributed by atoms with Crippen LogP contribution in [0.15, 0.2) is 11.1 Å². The molecule has 1 saturated carbocycles. The number of amides is 2. The molecule has 2 heterocycles. The Balaban J connectivity index is 1.25.